The zero-order valence-electron chi connectivity index (χ0n) is 11.6. The Kier molecular flexibility index (Phi) is 7.79. The summed E-state index contributed by atoms with van der Waals surface area (Å²) in [5, 5.41) is 4.09. The SMILES string of the molecule is CCCCc1nc(Cl)c(CNC(C)CCSC)[nH]1. The van der Waals surface area contributed by atoms with E-state index in [1.165, 1.54) is 18.6 Å². The summed E-state index contributed by atoms with van der Waals surface area (Å²) in [5.41, 5.74) is 1.01. The monoisotopic (exact) mass is 289 g/mol. The normalized spacial score (nSPS) is 12.9. The minimum atomic E-state index is 0.510. The van der Waals surface area contributed by atoms with Crippen molar-refractivity contribution in [3.05, 3.63) is 16.7 Å². The maximum absolute atomic E-state index is 6.13. The fourth-order valence-corrected chi connectivity index (χ4v) is 2.50. The molecule has 104 valence electrons. The van der Waals surface area contributed by atoms with Crippen LogP contribution in [0.5, 0.6) is 0 Å². The molecule has 0 saturated carbocycles. The third kappa shape index (κ3) is 5.63. The lowest BCUT2D eigenvalue weighted by Crippen LogP contribution is -2.26. The van der Waals surface area contributed by atoms with E-state index < -0.39 is 0 Å². The molecule has 18 heavy (non-hydrogen) atoms. The van der Waals surface area contributed by atoms with Crippen molar-refractivity contribution in [2.45, 2.75) is 52.1 Å². The Labute approximate surface area is 119 Å². The highest BCUT2D eigenvalue weighted by Gasteiger charge is 2.09. The summed E-state index contributed by atoms with van der Waals surface area (Å²) in [6.07, 6.45) is 6.63. The summed E-state index contributed by atoms with van der Waals surface area (Å²) >= 11 is 8.01. The van der Waals surface area contributed by atoms with Crippen LogP contribution in [0, 0.1) is 0 Å². The first-order valence-electron chi connectivity index (χ1n) is 6.63. The summed E-state index contributed by atoms with van der Waals surface area (Å²) < 4.78 is 0. The molecule has 1 heterocycles. The van der Waals surface area contributed by atoms with Gasteiger partial charge in [0.1, 0.15) is 5.82 Å². The van der Waals surface area contributed by atoms with Crippen molar-refractivity contribution in [1.29, 1.82) is 0 Å². The molecule has 0 aliphatic carbocycles. The van der Waals surface area contributed by atoms with Gasteiger partial charge in [0.25, 0.3) is 0 Å². The summed E-state index contributed by atoms with van der Waals surface area (Å²) in [4.78, 5) is 7.67. The molecule has 1 unspecified atom stereocenters. The molecule has 0 amide bonds. The van der Waals surface area contributed by atoms with Gasteiger partial charge < -0.3 is 10.3 Å². The van der Waals surface area contributed by atoms with Crippen molar-refractivity contribution in [3.63, 3.8) is 0 Å². The number of nitrogens with one attached hydrogen (secondary N) is 2. The van der Waals surface area contributed by atoms with Gasteiger partial charge in [0.05, 0.1) is 5.69 Å². The van der Waals surface area contributed by atoms with Gasteiger partial charge in [-0.2, -0.15) is 11.8 Å². The van der Waals surface area contributed by atoms with Gasteiger partial charge in [0.15, 0.2) is 5.15 Å². The Balaban J connectivity index is 2.39. The topological polar surface area (TPSA) is 40.7 Å². The van der Waals surface area contributed by atoms with Crippen LogP contribution in [0.15, 0.2) is 0 Å². The van der Waals surface area contributed by atoms with Crippen molar-refractivity contribution >= 4 is 23.4 Å². The van der Waals surface area contributed by atoms with Crippen LogP contribution in [0.25, 0.3) is 0 Å². The molecule has 0 saturated heterocycles. The number of H-pyrrole nitrogens is 1. The van der Waals surface area contributed by atoms with Crippen molar-refractivity contribution in [2.24, 2.45) is 0 Å². The highest BCUT2D eigenvalue weighted by molar-refractivity contribution is 7.98. The number of hydrogen-bond donors (Lipinski definition) is 2. The summed E-state index contributed by atoms with van der Waals surface area (Å²) in [6.45, 7) is 5.16. The van der Waals surface area contributed by atoms with Gasteiger partial charge in [-0.05, 0) is 31.8 Å². The smallest absolute Gasteiger partial charge is 0.151 e. The van der Waals surface area contributed by atoms with E-state index in [2.05, 4.69) is 35.4 Å². The lowest BCUT2D eigenvalue weighted by atomic mass is 10.2. The first-order valence-corrected chi connectivity index (χ1v) is 8.40. The van der Waals surface area contributed by atoms with Gasteiger partial charge in [-0.1, -0.05) is 24.9 Å². The average molecular weight is 290 g/mol. The number of halogens is 1. The molecule has 1 aromatic rings. The molecule has 0 fully saturated rings. The second-order valence-corrected chi connectivity index (χ2v) is 5.96. The van der Waals surface area contributed by atoms with Crippen LogP contribution in [0.2, 0.25) is 5.15 Å². The van der Waals surface area contributed by atoms with E-state index in [0.29, 0.717) is 11.2 Å². The Morgan fingerprint density at radius 1 is 1.50 bits per heavy atom. The summed E-state index contributed by atoms with van der Waals surface area (Å²) in [5.74, 6) is 2.20. The van der Waals surface area contributed by atoms with Gasteiger partial charge >= 0.3 is 0 Å². The second kappa shape index (κ2) is 8.83. The minimum Gasteiger partial charge on any atom is -0.344 e. The Bertz CT molecular complexity index is 341. The van der Waals surface area contributed by atoms with E-state index in [4.69, 9.17) is 11.6 Å². The van der Waals surface area contributed by atoms with Gasteiger partial charge in [-0.3, -0.25) is 0 Å². The number of hydrogen-bond acceptors (Lipinski definition) is 3. The Morgan fingerprint density at radius 2 is 2.28 bits per heavy atom. The van der Waals surface area contributed by atoms with Crippen molar-refractivity contribution in [2.75, 3.05) is 12.0 Å². The lowest BCUT2D eigenvalue weighted by molar-refractivity contribution is 0.533. The van der Waals surface area contributed by atoms with Crippen LogP contribution in [0.1, 0.15) is 44.6 Å². The highest BCUT2D eigenvalue weighted by Crippen LogP contribution is 2.14. The molecule has 1 aromatic heterocycles. The Hall–Kier alpha value is -0.190. The van der Waals surface area contributed by atoms with Gasteiger partial charge in [0, 0.05) is 19.0 Å². The third-order valence-corrected chi connectivity index (χ3v) is 3.88. The van der Waals surface area contributed by atoms with Crippen LogP contribution >= 0.6 is 23.4 Å². The predicted octanol–water partition coefficient (Wildman–Crippen LogP) is 3.64. The molecule has 3 nitrogen and oxygen atoms in total. The molecule has 1 atom stereocenters. The van der Waals surface area contributed by atoms with Crippen molar-refractivity contribution in [3.8, 4) is 0 Å². The zero-order valence-corrected chi connectivity index (χ0v) is 13.1. The molecule has 1 rings (SSSR count). The fraction of sp³-hybridized carbons (Fsp3) is 0.769. The number of aromatic nitrogens is 2. The molecule has 0 aliphatic rings. The van der Waals surface area contributed by atoms with E-state index in [9.17, 15) is 0 Å². The first kappa shape index (κ1) is 15.9. The number of nitrogens with zero attached hydrogens (tertiary/aromatic N) is 1. The first-order chi connectivity index (χ1) is 8.67. The summed E-state index contributed by atoms with van der Waals surface area (Å²) in [6, 6.07) is 0.510. The van der Waals surface area contributed by atoms with Crippen LogP contribution in [-0.4, -0.2) is 28.0 Å². The van der Waals surface area contributed by atoms with Gasteiger partial charge in [-0.15, -0.1) is 0 Å². The fourth-order valence-electron chi connectivity index (χ4n) is 1.69. The van der Waals surface area contributed by atoms with Crippen molar-refractivity contribution in [1.82, 2.24) is 15.3 Å². The molecular formula is C13H24ClN3S. The standard InChI is InChI=1S/C13H24ClN3S/c1-4-5-6-12-16-11(13(14)17-12)9-15-10(2)7-8-18-3/h10,15H,4-9H2,1-3H3,(H,16,17). The van der Waals surface area contributed by atoms with Crippen LogP contribution in [0.4, 0.5) is 0 Å². The quantitative estimate of drug-likeness (QED) is 0.729. The minimum absolute atomic E-state index is 0.510. The van der Waals surface area contributed by atoms with E-state index in [1.54, 1.807) is 0 Å². The molecule has 0 radical (unpaired) electrons. The highest BCUT2D eigenvalue weighted by atomic mass is 35.5. The van der Waals surface area contributed by atoms with Crippen molar-refractivity contribution < 1.29 is 0 Å². The average Bonchev–Trinajstić information content (AvgIpc) is 2.72. The lowest BCUT2D eigenvalue weighted by Gasteiger charge is -2.12. The maximum atomic E-state index is 6.13. The number of aryl methyl sites for hydroxylation is 1. The molecule has 0 aliphatic heterocycles. The third-order valence-electron chi connectivity index (χ3n) is 2.93. The molecule has 0 bridgehead atoms. The predicted molar refractivity (Wildman–Crippen MR) is 81.5 cm³/mol. The molecule has 0 spiro atoms. The van der Waals surface area contributed by atoms with E-state index >= 15 is 0 Å². The van der Waals surface area contributed by atoms with E-state index in [1.807, 2.05) is 11.8 Å². The largest absolute Gasteiger partial charge is 0.344 e. The molecule has 2 N–H and O–H groups in total. The molecule has 5 heteroatoms. The van der Waals surface area contributed by atoms with Gasteiger partial charge in [0.2, 0.25) is 0 Å². The van der Waals surface area contributed by atoms with Crippen LogP contribution in [0.3, 0.4) is 0 Å². The number of aromatic amines is 1. The number of imidazole rings is 1. The number of thioether (sulfide) groups is 1. The van der Waals surface area contributed by atoms with E-state index in [0.717, 1.165) is 30.9 Å². The maximum Gasteiger partial charge on any atom is 0.151 e. The number of rotatable bonds is 9. The van der Waals surface area contributed by atoms with E-state index in [-0.39, 0.29) is 0 Å². The Morgan fingerprint density at radius 3 is 2.94 bits per heavy atom. The van der Waals surface area contributed by atoms with Crippen LogP contribution < -0.4 is 5.32 Å². The van der Waals surface area contributed by atoms with Crippen LogP contribution in [-0.2, 0) is 13.0 Å². The van der Waals surface area contributed by atoms with Gasteiger partial charge in [-0.25, -0.2) is 4.98 Å². The second-order valence-electron chi connectivity index (χ2n) is 4.62. The molecule has 0 aromatic carbocycles. The molecular weight excluding hydrogens is 266 g/mol. The number of unbranched alkanes of at least 4 members (excludes halogenated alkanes) is 1. The zero-order chi connectivity index (χ0) is 13.4. The summed E-state index contributed by atoms with van der Waals surface area (Å²) in [7, 11) is 0.